The summed E-state index contributed by atoms with van der Waals surface area (Å²) in [5.41, 5.74) is 3.75. The van der Waals surface area contributed by atoms with Crippen molar-refractivity contribution in [3.05, 3.63) is 71.0 Å². The first-order valence-electron chi connectivity index (χ1n) is 7.27. The van der Waals surface area contributed by atoms with E-state index in [1.807, 2.05) is 12.1 Å². The average molecular weight is 269 g/mol. The lowest BCUT2D eigenvalue weighted by molar-refractivity contribution is 0.403. The van der Waals surface area contributed by atoms with Crippen LogP contribution in [-0.2, 0) is 0 Å². The van der Waals surface area contributed by atoms with E-state index in [0.29, 0.717) is 11.8 Å². The monoisotopic (exact) mass is 269 g/mol. The van der Waals surface area contributed by atoms with Crippen molar-refractivity contribution in [3.63, 3.8) is 0 Å². The molecule has 0 amide bonds. The summed E-state index contributed by atoms with van der Waals surface area (Å²) in [6, 6.07) is 15.8. The minimum absolute atomic E-state index is 0.143. The molecular weight excluding hydrogens is 249 g/mol. The number of benzene rings is 2. The summed E-state index contributed by atoms with van der Waals surface area (Å²) in [6.07, 6.45) is 1.10. The Bertz CT molecular complexity index is 576. The van der Waals surface area contributed by atoms with Gasteiger partial charge in [-0.25, -0.2) is 4.39 Å². The van der Waals surface area contributed by atoms with Crippen LogP contribution in [0.4, 0.5) is 4.39 Å². The third-order valence-corrected chi connectivity index (χ3v) is 4.26. The Labute approximate surface area is 119 Å². The summed E-state index contributed by atoms with van der Waals surface area (Å²) >= 11 is 0. The molecule has 1 N–H and O–H groups in total. The molecule has 1 fully saturated rings. The molecule has 2 unspecified atom stereocenters. The second kappa shape index (κ2) is 5.76. The summed E-state index contributed by atoms with van der Waals surface area (Å²) in [5, 5.41) is 3.44. The third kappa shape index (κ3) is 2.75. The predicted molar refractivity (Wildman–Crippen MR) is 80.5 cm³/mol. The van der Waals surface area contributed by atoms with Gasteiger partial charge in [0.05, 0.1) is 0 Å². The highest BCUT2D eigenvalue weighted by Gasteiger charge is 2.27. The van der Waals surface area contributed by atoms with Crippen LogP contribution in [0.5, 0.6) is 0 Å². The van der Waals surface area contributed by atoms with Crippen molar-refractivity contribution in [2.45, 2.75) is 25.2 Å². The molecule has 1 aliphatic heterocycles. The Morgan fingerprint density at radius 3 is 2.55 bits per heavy atom. The molecule has 0 aromatic heterocycles. The molecular formula is C18H20FN. The van der Waals surface area contributed by atoms with Gasteiger partial charge in [-0.1, -0.05) is 42.0 Å². The molecule has 20 heavy (non-hydrogen) atoms. The SMILES string of the molecule is Cc1ccc(C2CCNCC2c2cccc(F)c2)cc1. The molecule has 2 heteroatoms. The van der Waals surface area contributed by atoms with Gasteiger partial charge in [0.2, 0.25) is 0 Å². The lowest BCUT2D eigenvalue weighted by Crippen LogP contribution is -2.34. The smallest absolute Gasteiger partial charge is 0.123 e. The van der Waals surface area contributed by atoms with Crippen molar-refractivity contribution in [2.24, 2.45) is 0 Å². The van der Waals surface area contributed by atoms with Crippen LogP contribution in [0.1, 0.15) is 34.9 Å². The van der Waals surface area contributed by atoms with E-state index in [2.05, 4.69) is 36.5 Å². The summed E-state index contributed by atoms with van der Waals surface area (Å²) in [7, 11) is 0. The largest absolute Gasteiger partial charge is 0.316 e. The first kappa shape index (κ1) is 13.3. The summed E-state index contributed by atoms with van der Waals surface area (Å²) < 4.78 is 13.5. The zero-order valence-corrected chi connectivity index (χ0v) is 11.8. The lowest BCUT2D eigenvalue weighted by Gasteiger charge is -2.33. The maximum Gasteiger partial charge on any atom is 0.123 e. The molecule has 0 radical (unpaired) electrons. The number of nitrogens with one attached hydrogen (secondary N) is 1. The third-order valence-electron chi connectivity index (χ3n) is 4.26. The van der Waals surface area contributed by atoms with Gasteiger partial charge >= 0.3 is 0 Å². The van der Waals surface area contributed by atoms with Gasteiger partial charge in [0.15, 0.2) is 0 Å². The Morgan fingerprint density at radius 1 is 1.00 bits per heavy atom. The fourth-order valence-electron chi connectivity index (χ4n) is 3.16. The highest BCUT2D eigenvalue weighted by molar-refractivity contribution is 5.31. The fourth-order valence-corrected chi connectivity index (χ4v) is 3.16. The molecule has 104 valence electrons. The van der Waals surface area contributed by atoms with Gasteiger partial charge in [-0.05, 0) is 49.1 Å². The van der Waals surface area contributed by atoms with Crippen LogP contribution in [0.3, 0.4) is 0 Å². The summed E-state index contributed by atoms with van der Waals surface area (Å²) in [6.45, 7) is 4.06. The van der Waals surface area contributed by atoms with E-state index in [9.17, 15) is 4.39 Å². The molecule has 2 aromatic rings. The highest BCUT2D eigenvalue weighted by atomic mass is 19.1. The summed E-state index contributed by atoms with van der Waals surface area (Å²) in [4.78, 5) is 0. The Morgan fingerprint density at radius 2 is 1.80 bits per heavy atom. The summed E-state index contributed by atoms with van der Waals surface area (Å²) in [5.74, 6) is 0.677. The highest BCUT2D eigenvalue weighted by Crippen LogP contribution is 2.37. The maximum atomic E-state index is 13.5. The van der Waals surface area contributed by atoms with Crippen LogP contribution in [0.25, 0.3) is 0 Å². The first-order valence-corrected chi connectivity index (χ1v) is 7.27. The second-order valence-electron chi connectivity index (χ2n) is 5.67. The van der Waals surface area contributed by atoms with Crippen LogP contribution in [0, 0.1) is 12.7 Å². The van der Waals surface area contributed by atoms with E-state index in [4.69, 9.17) is 0 Å². The van der Waals surface area contributed by atoms with Gasteiger partial charge in [-0.3, -0.25) is 0 Å². The van der Waals surface area contributed by atoms with Crippen molar-refractivity contribution >= 4 is 0 Å². The Kier molecular flexibility index (Phi) is 3.83. The molecule has 0 aliphatic carbocycles. The van der Waals surface area contributed by atoms with E-state index in [1.54, 1.807) is 6.07 Å². The van der Waals surface area contributed by atoms with Crippen LogP contribution in [0.2, 0.25) is 0 Å². The van der Waals surface area contributed by atoms with Gasteiger partial charge in [0, 0.05) is 12.5 Å². The molecule has 0 spiro atoms. The molecule has 0 saturated carbocycles. The number of rotatable bonds is 2. The number of hydrogen-bond donors (Lipinski definition) is 1. The average Bonchev–Trinajstić information content (AvgIpc) is 2.48. The zero-order chi connectivity index (χ0) is 13.9. The lowest BCUT2D eigenvalue weighted by atomic mass is 9.77. The first-order chi connectivity index (χ1) is 9.74. The van der Waals surface area contributed by atoms with Crippen LogP contribution in [-0.4, -0.2) is 13.1 Å². The van der Waals surface area contributed by atoms with E-state index < -0.39 is 0 Å². The van der Waals surface area contributed by atoms with Gasteiger partial charge in [0.25, 0.3) is 0 Å². The molecule has 1 heterocycles. The normalized spacial score (nSPS) is 22.7. The Balaban J connectivity index is 1.93. The van der Waals surface area contributed by atoms with E-state index in [1.165, 1.54) is 17.2 Å². The number of piperidine rings is 1. The van der Waals surface area contributed by atoms with Crippen molar-refractivity contribution < 1.29 is 4.39 Å². The van der Waals surface area contributed by atoms with Crippen molar-refractivity contribution in [1.29, 1.82) is 0 Å². The van der Waals surface area contributed by atoms with Crippen molar-refractivity contribution in [2.75, 3.05) is 13.1 Å². The second-order valence-corrected chi connectivity index (χ2v) is 5.67. The fraction of sp³-hybridized carbons (Fsp3) is 0.333. The van der Waals surface area contributed by atoms with Crippen LogP contribution in [0.15, 0.2) is 48.5 Å². The number of hydrogen-bond acceptors (Lipinski definition) is 1. The van der Waals surface area contributed by atoms with Gasteiger partial charge in [-0.15, -0.1) is 0 Å². The zero-order valence-electron chi connectivity index (χ0n) is 11.8. The molecule has 1 nitrogen and oxygen atoms in total. The van der Waals surface area contributed by atoms with E-state index in [0.717, 1.165) is 25.1 Å². The standard InChI is InChI=1S/C18H20FN/c1-13-5-7-14(8-6-13)17-9-10-20-12-18(17)15-3-2-4-16(19)11-15/h2-8,11,17-18,20H,9-10,12H2,1H3. The molecule has 2 atom stereocenters. The molecule has 1 aliphatic rings. The minimum atomic E-state index is -0.143. The van der Waals surface area contributed by atoms with Gasteiger partial charge < -0.3 is 5.32 Å². The minimum Gasteiger partial charge on any atom is -0.316 e. The molecule has 0 bridgehead atoms. The van der Waals surface area contributed by atoms with Gasteiger partial charge in [-0.2, -0.15) is 0 Å². The van der Waals surface area contributed by atoms with Crippen molar-refractivity contribution in [1.82, 2.24) is 5.32 Å². The van der Waals surface area contributed by atoms with Gasteiger partial charge in [0.1, 0.15) is 5.82 Å². The molecule has 2 aromatic carbocycles. The maximum absolute atomic E-state index is 13.5. The van der Waals surface area contributed by atoms with E-state index in [-0.39, 0.29) is 5.82 Å². The van der Waals surface area contributed by atoms with Crippen molar-refractivity contribution in [3.8, 4) is 0 Å². The number of aryl methyl sites for hydroxylation is 1. The molecule has 1 saturated heterocycles. The van der Waals surface area contributed by atoms with E-state index >= 15 is 0 Å². The van der Waals surface area contributed by atoms with Crippen LogP contribution < -0.4 is 5.32 Å². The topological polar surface area (TPSA) is 12.0 Å². The Hall–Kier alpha value is -1.67. The molecule has 3 rings (SSSR count). The number of halogens is 1. The quantitative estimate of drug-likeness (QED) is 0.869. The van der Waals surface area contributed by atoms with Crippen LogP contribution >= 0.6 is 0 Å². The predicted octanol–water partition coefficient (Wildman–Crippen LogP) is 3.99.